The maximum absolute atomic E-state index is 12.2. The van der Waals surface area contributed by atoms with Gasteiger partial charge in [-0.3, -0.25) is 9.59 Å². The van der Waals surface area contributed by atoms with Crippen molar-refractivity contribution in [2.75, 3.05) is 26.3 Å². The number of amides is 2. The molecule has 0 radical (unpaired) electrons. The zero-order valence-electron chi connectivity index (χ0n) is 11.8. The fraction of sp³-hybridized carbons (Fsp3) is 0.857. The lowest BCUT2D eigenvalue weighted by molar-refractivity contribution is -0.139. The number of hydrogen-bond donors (Lipinski definition) is 2. The largest absolute Gasteiger partial charge is 0.378 e. The van der Waals surface area contributed by atoms with E-state index in [4.69, 9.17) is 4.74 Å². The van der Waals surface area contributed by atoms with Crippen LogP contribution in [0.25, 0.3) is 0 Å². The van der Waals surface area contributed by atoms with Crippen molar-refractivity contribution in [3.63, 3.8) is 0 Å². The molecule has 3 atom stereocenters. The van der Waals surface area contributed by atoms with Crippen LogP contribution in [0.3, 0.4) is 0 Å². The Hall–Kier alpha value is -1.14. The lowest BCUT2D eigenvalue weighted by Crippen LogP contribution is -2.65. The maximum atomic E-state index is 12.2. The third-order valence-electron chi connectivity index (χ3n) is 4.57. The number of fused-ring (bicyclic) bond motifs is 1. The van der Waals surface area contributed by atoms with Crippen molar-refractivity contribution in [3.05, 3.63) is 0 Å². The Morgan fingerprint density at radius 3 is 2.65 bits per heavy atom. The average Bonchev–Trinajstić information content (AvgIpc) is 2.49. The summed E-state index contributed by atoms with van der Waals surface area (Å²) in [5.41, 5.74) is 0. The van der Waals surface area contributed by atoms with Gasteiger partial charge < -0.3 is 20.3 Å². The SMILES string of the molecule is O=C1NC2CCCCC2NC1CC(=O)N1CCOCC1. The normalized spacial score (nSPS) is 34.3. The Kier molecular flexibility index (Phi) is 4.21. The highest BCUT2D eigenvalue weighted by molar-refractivity contribution is 5.89. The molecule has 0 aromatic heterocycles. The van der Waals surface area contributed by atoms with Crippen LogP contribution in [0.4, 0.5) is 0 Å². The fourth-order valence-electron chi connectivity index (χ4n) is 3.39. The molecule has 2 amide bonds. The van der Waals surface area contributed by atoms with Crippen LogP contribution in [0.5, 0.6) is 0 Å². The Balaban J connectivity index is 1.56. The zero-order valence-corrected chi connectivity index (χ0v) is 11.8. The molecule has 2 N–H and O–H groups in total. The van der Waals surface area contributed by atoms with E-state index in [0.717, 1.165) is 12.8 Å². The molecule has 1 aliphatic carbocycles. The summed E-state index contributed by atoms with van der Waals surface area (Å²) in [6, 6.07) is 0.222. The van der Waals surface area contributed by atoms with Crippen LogP contribution < -0.4 is 10.6 Å². The van der Waals surface area contributed by atoms with Crippen molar-refractivity contribution < 1.29 is 14.3 Å². The number of nitrogens with one attached hydrogen (secondary N) is 2. The van der Waals surface area contributed by atoms with Crippen molar-refractivity contribution in [1.29, 1.82) is 0 Å². The van der Waals surface area contributed by atoms with Crippen molar-refractivity contribution in [2.24, 2.45) is 0 Å². The molecule has 0 aromatic rings. The number of rotatable bonds is 2. The molecular weight excluding hydrogens is 258 g/mol. The van der Waals surface area contributed by atoms with Gasteiger partial charge in [-0.05, 0) is 12.8 Å². The van der Waals surface area contributed by atoms with Gasteiger partial charge in [0, 0.05) is 25.2 Å². The Labute approximate surface area is 119 Å². The molecule has 3 fully saturated rings. The standard InChI is InChI=1S/C14H23N3O3/c18-13(17-5-7-20-8-6-17)9-12-14(19)16-11-4-2-1-3-10(11)15-12/h10-12,15H,1-9H2,(H,16,19). The van der Waals surface area contributed by atoms with Gasteiger partial charge in [0.25, 0.3) is 0 Å². The number of nitrogens with zero attached hydrogens (tertiary/aromatic N) is 1. The monoisotopic (exact) mass is 281 g/mol. The minimum Gasteiger partial charge on any atom is -0.378 e. The van der Waals surface area contributed by atoms with Gasteiger partial charge in [-0.2, -0.15) is 0 Å². The van der Waals surface area contributed by atoms with E-state index >= 15 is 0 Å². The minimum absolute atomic E-state index is 0.0187. The first-order valence-corrected chi connectivity index (χ1v) is 7.66. The molecule has 6 heteroatoms. The minimum atomic E-state index is -0.371. The first-order chi connectivity index (χ1) is 9.74. The summed E-state index contributed by atoms with van der Waals surface area (Å²) in [4.78, 5) is 26.1. The van der Waals surface area contributed by atoms with Crippen molar-refractivity contribution >= 4 is 11.8 Å². The number of hydrogen-bond acceptors (Lipinski definition) is 4. The highest BCUT2D eigenvalue weighted by atomic mass is 16.5. The van der Waals surface area contributed by atoms with E-state index in [-0.39, 0.29) is 30.3 Å². The molecule has 112 valence electrons. The molecule has 2 aliphatic heterocycles. The predicted molar refractivity (Wildman–Crippen MR) is 73.1 cm³/mol. The van der Waals surface area contributed by atoms with Crippen molar-refractivity contribution in [3.8, 4) is 0 Å². The Morgan fingerprint density at radius 1 is 1.20 bits per heavy atom. The molecule has 3 rings (SSSR count). The lowest BCUT2D eigenvalue weighted by atomic mass is 9.87. The van der Waals surface area contributed by atoms with E-state index in [2.05, 4.69) is 10.6 Å². The van der Waals surface area contributed by atoms with Crippen LogP contribution in [-0.2, 0) is 14.3 Å². The molecular formula is C14H23N3O3. The second-order valence-electron chi connectivity index (χ2n) is 5.92. The van der Waals surface area contributed by atoms with Crippen LogP contribution in [0.15, 0.2) is 0 Å². The van der Waals surface area contributed by atoms with Gasteiger partial charge in [-0.25, -0.2) is 0 Å². The van der Waals surface area contributed by atoms with Crippen molar-refractivity contribution in [2.45, 2.75) is 50.2 Å². The van der Waals surface area contributed by atoms with Gasteiger partial charge in [0.2, 0.25) is 11.8 Å². The third-order valence-corrected chi connectivity index (χ3v) is 4.57. The van der Waals surface area contributed by atoms with E-state index < -0.39 is 0 Å². The van der Waals surface area contributed by atoms with E-state index in [0.29, 0.717) is 32.3 Å². The molecule has 0 aromatic carbocycles. The van der Waals surface area contributed by atoms with Gasteiger partial charge in [0.15, 0.2) is 0 Å². The lowest BCUT2D eigenvalue weighted by Gasteiger charge is -2.40. The summed E-state index contributed by atoms with van der Waals surface area (Å²) >= 11 is 0. The number of morpholine rings is 1. The molecule has 20 heavy (non-hydrogen) atoms. The molecule has 1 saturated carbocycles. The second-order valence-corrected chi connectivity index (χ2v) is 5.92. The first kappa shape index (κ1) is 13.8. The summed E-state index contributed by atoms with van der Waals surface area (Å²) in [7, 11) is 0. The zero-order chi connectivity index (χ0) is 13.9. The van der Waals surface area contributed by atoms with Crippen LogP contribution in [0, 0.1) is 0 Å². The van der Waals surface area contributed by atoms with E-state index in [9.17, 15) is 9.59 Å². The first-order valence-electron chi connectivity index (χ1n) is 7.66. The third kappa shape index (κ3) is 2.96. The highest BCUT2D eigenvalue weighted by Crippen LogP contribution is 2.22. The number of carbonyl (C=O) groups is 2. The summed E-state index contributed by atoms with van der Waals surface area (Å²) in [5.74, 6) is 0.0324. The molecule has 0 spiro atoms. The Morgan fingerprint density at radius 2 is 1.90 bits per heavy atom. The smallest absolute Gasteiger partial charge is 0.237 e. The molecule has 0 bridgehead atoms. The quantitative estimate of drug-likeness (QED) is 0.725. The molecule has 2 saturated heterocycles. The highest BCUT2D eigenvalue weighted by Gasteiger charge is 2.37. The van der Waals surface area contributed by atoms with Crippen LogP contribution in [0.2, 0.25) is 0 Å². The molecule has 3 aliphatic rings. The molecule has 3 unspecified atom stereocenters. The van der Waals surface area contributed by atoms with Gasteiger partial charge in [0.1, 0.15) is 0 Å². The average molecular weight is 281 g/mol. The van der Waals surface area contributed by atoms with Gasteiger partial charge in [0.05, 0.1) is 25.7 Å². The molecule has 6 nitrogen and oxygen atoms in total. The molecule has 2 heterocycles. The van der Waals surface area contributed by atoms with Gasteiger partial charge >= 0.3 is 0 Å². The van der Waals surface area contributed by atoms with E-state index in [1.165, 1.54) is 12.8 Å². The second kappa shape index (κ2) is 6.10. The van der Waals surface area contributed by atoms with Gasteiger partial charge in [-0.15, -0.1) is 0 Å². The number of ether oxygens (including phenoxy) is 1. The van der Waals surface area contributed by atoms with Crippen molar-refractivity contribution in [1.82, 2.24) is 15.5 Å². The van der Waals surface area contributed by atoms with Gasteiger partial charge in [-0.1, -0.05) is 12.8 Å². The predicted octanol–water partition coefficient (Wildman–Crippen LogP) is -0.365. The number of piperazine rings is 1. The van der Waals surface area contributed by atoms with Crippen LogP contribution >= 0.6 is 0 Å². The number of carbonyl (C=O) groups excluding carboxylic acids is 2. The summed E-state index contributed by atoms with van der Waals surface area (Å²) in [5, 5.41) is 6.46. The summed E-state index contributed by atoms with van der Waals surface area (Å²) < 4.78 is 5.24. The van der Waals surface area contributed by atoms with Crippen LogP contribution in [0.1, 0.15) is 32.1 Å². The van der Waals surface area contributed by atoms with E-state index in [1.807, 2.05) is 0 Å². The Bertz CT molecular complexity index is 382. The fourth-order valence-corrected chi connectivity index (χ4v) is 3.39. The van der Waals surface area contributed by atoms with Crippen LogP contribution in [-0.4, -0.2) is 61.1 Å². The maximum Gasteiger partial charge on any atom is 0.237 e. The van der Waals surface area contributed by atoms with E-state index in [1.54, 1.807) is 4.90 Å². The summed E-state index contributed by atoms with van der Waals surface area (Å²) in [6.07, 6.45) is 4.78. The topological polar surface area (TPSA) is 70.7 Å². The summed E-state index contributed by atoms with van der Waals surface area (Å²) in [6.45, 7) is 2.47.